The van der Waals surface area contributed by atoms with E-state index in [4.69, 9.17) is 5.10 Å². The van der Waals surface area contributed by atoms with Crippen molar-refractivity contribution in [1.82, 2.24) is 9.78 Å². The van der Waals surface area contributed by atoms with Crippen molar-refractivity contribution in [2.75, 3.05) is 5.32 Å². The first-order chi connectivity index (χ1) is 8.71. The molecular formula is C14H24BrN3. The van der Waals surface area contributed by atoms with E-state index < -0.39 is 0 Å². The lowest BCUT2D eigenvalue weighted by molar-refractivity contribution is 0.360. The van der Waals surface area contributed by atoms with Crippen LogP contribution in [-0.2, 0) is 6.42 Å². The Labute approximate surface area is 118 Å². The zero-order valence-corrected chi connectivity index (χ0v) is 13.3. The number of halogens is 1. The monoisotopic (exact) mass is 313 g/mol. The Hall–Kier alpha value is -0.510. The van der Waals surface area contributed by atoms with Gasteiger partial charge in [-0.1, -0.05) is 27.2 Å². The molecule has 1 aromatic heterocycles. The van der Waals surface area contributed by atoms with E-state index in [1.54, 1.807) is 0 Å². The van der Waals surface area contributed by atoms with Gasteiger partial charge < -0.3 is 5.32 Å². The standard InChI is InChI=1S/C14H24BrN3/c1-4-7-8-12-13(15)14-16-10(5-2)9-11(6-3)18(14)17-12/h10-11,16H,4-9H2,1-3H3. The molecule has 0 aromatic carbocycles. The molecule has 0 saturated heterocycles. The molecule has 1 aliphatic heterocycles. The number of hydrogen-bond acceptors (Lipinski definition) is 2. The van der Waals surface area contributed by atoms with Crippen LogP contribution < -0.4 is 5.32 Å². The van der Waals surface area contributed by atoms with Crippen LogP contribution in [-0.4, -0.2) is 15.8 Å². The smallest absolute Gasteiger partial charge is 0.139 e. The largest absolute Gasteiger partial charge is 0.367 e. The number of aromatic nitrogens is 2. The van der Waals surface area contributed by atoms with Gasteiger partial charge in [0.05, 0.1) is 16.2 Å². The Morgan fingerprint density at radius 1 is 1.33 bits per heavy atom. The van der Waals surface area contributed by atoms with Gasteiger partial charge in [0.25, 0.3) is 0 Å². The van der Waals surface area contributed by atoms with E-state index in [2.05, 4.69) is 46.7 Å². The molecular weight excluding hydrogens is 290 g/mol. The maximum atomic E-state index is 4.82. The Balaban J connectivity index is 2.28. The zero-order chi connectivity index (χ0) is 13.1. The van der Waals surface area contributed by atoms with E-state index in [0.717, 1.165) is 12.8 Å². The maximum Gasteiger partial charge on any atom is 0.139 e. The lowest BCUT2D eigenvalue weighted by Gasteiger charge is -2.31. The summed E-state index contributed by atoms with van der Waals surface area (Å²) in [5.74, 6) is 1.20. The van der Waals surface area contributed by atoms with Crippen molar-refractivity contribution in [1.29, 1.82) is 0 Å². The molecule has 4 heteroatoms. The van der Waals surface area contributed by atoms with Gasteiger partial charge in [0.2, 0.25) is 0 Å². The van der Waals surface area contributed by atoms with Gasteiger partial charge in [-0.15, -0.1) is 0 Å². The Kier molecular flexibility index (Phi) is 4.71. The van der Waals surface area contributed by atoms with Crippen LogP contribution in [0.2, 0.25) is 0 Å². The molecule has 0 amide bonds. The number of anilines is 1. The third kappa shape index (κ3) is 2.58. The average Bonchev–Trinajstić information content (AvgIpc) is 2.72. The fraction of sp³-hybridized carbons (Fsp3) is 0.786. The first kappa shape index (κ1) is 13.9. The molecule has 0 bridgehead atoms. The topological polar surface area (TPSA) is 29.9 Å². The predicted octanol–water partition coefficient (Wildman–Crippen LogP) is 4.53. The molecule has 18 heavy (non-hydrogen) atoms. The van der Waals surface area contributed by atoms with Gasteiger partial charge in [-0.2, -0.15) is 5.10 Å². The molecule has 0 radical (unpaired) electrons. The van der Waals surface area contributed by atoms with Gasteiger partial charge in [0, 0.05) is 6.04 Å². The summed E-state index contributed by atoms with van der Waals surface area (Å²) >= 11 is 3.73. The van der Waals surface area contributed by atoms with Gasteiger partial charge in [-0.3, -0.25) is 0 Å². The molecule has 2 rings (SSSR count). The summed E-state index contributed by atoms with van der Waals surface area (Å²) in [6.45, 7) is 6.74. The Morgan fingerprint density at radius 3 is 2.72 bits per heavy atom. The first-order valence-corrected chi connectivity index (χ1v) is 8.03. The highest BCUT2D eigenvalue weighted by molar-refractivity contribution is 9.10. The number of fused-ring (bicyclic) bond motifs is 1. The summed E-state index contributed by atoms with van der Waals surface area (Å²) in [6, 6.07) is 1.15. The highest BCUT2D eigenvalue weighted by Gasteiger charge is 2.28. The van der Waals surface area contributed by atoms with Crippen molar-refractivity contribution in [3.63, 3.8) is 0 Å². The molecule has 1 aromatic rings. The lowest BCUT2D eigenvalue weighted by Crippen LogP contribution is -2.31. The summed E-state index contributed by atoms with van der Waals surface area (Å²) in [5.41, 5.74) is 1.22. The fourth-order valence-electron chi connectivity index (χ4n) is 2.65. The average molecular weight is 314 g/mol. The van der Waals surface area contributed by atoms with Gasteiger partial charge in [-0.25, -0.2) is 4.68 Å². The summed E-state index contributed by atoms with van der Waals surface area (Å²) in [4.78, 5) is 0. The van der Waals surface area contributed by atoms with Crippen molar-refractivity contribution >= 4 is 21.7 Å². The minimum Gasteiger partial charge on any atom is -0.367 e. The minimum atomic E-state index is 0.554. The number of hydrogen-bond donors (Lipinski definition) is 1. The number of nitrogens with one attached hydrogen (secondary N) is 1. The van der Waals surface area contributed by atoms with Crippen molar-refractivity contribution < 1.29 is 0 Å². The quantitative estimate of drug-likeness (QED) is 0.865. The molecule has 0 saturated carbocycles. The third-order valence-electron chi connectivity index (χ3n) is 3.89. The highest BCUT2D eigenvalue weighted by atomic mass is 79.9. The van der Waals surface area contributed by atoms with Crippen LogP contribution in [0.4, 0.5) is 5.82 Å². The van der Waals surface area contributed by atoms with Crippen molar-refractivity contribution in [3.8, 4) is 0 Å². The second kappa shape index (κ2) is 6.09. The Morgan fingerprint density at radius 2 is 2.11 bits per heavy atom. The molecule has 2 heterocycles. The van der Waals surface area contributed by atoms with Crippen LogP contribution >= 0.6 is 15.9 Å². The van der Waals surface area contributed by atoms with Gasteiger partial charge >= 0.3 is 0 Å². The summed E-state index contributed by atoms with van der Waals surface area (Å²) < 4.78 is 3.40. The molecule has 0 aliphatic carbocycles. The van der Waals surface area contributed by atoms with Gasteiger partial charge in [0.15, 0.2) is 0 Å². The number of rotatable bonds is 5. The molecule has 102 valence electrons. The van der Waals surface area contributed by atoms with E-state index in [1.165, 1.54) is 41.7 Å². The van der Waals surface area contributed by atoms with Crippen LogP contribution in [0.15, 0.2) is 4.47 Å². The molecule has 3 nitrogen and oxygen atoms in total. The second-order valence-corrected chi connectivity index (χ2v) is 6.00. The summed E-state index contributed by atoms with van der Waals surface area (Å²) in [7, 11) is 0. The van der Waals surface area contributed by atoms with Crippen LogP contribution in [0, 0.1) is 0 Å². The summed E-state index contributed by atoms with van der Waals surface area (Å²) in [6.07, 6.45) is 7.04. The molecule has 2 unspecified atom stereocenters. The normalized spacial score (nSPS) is 22.7. The SMILES string of the molecule is CCCCc1nn2c(c1Br)NC(CC)CC2CC. The fourth-order valence-corrected chi connectivity index (χ4v) is 3.22. The van der Waals surface area contributed by atoms with Crippen LogP contribution in [0.25, 0.3) is 0 Å². The van der Waals surface area contributed by atoms with E-state index >= 15 is 0 Å². The van der Waals surface area contributed by atoms with Gasteiger partial charge in [-0.05, 0) is 48.0 Å². The molecule has 0 fully saturated rings. The van der Waals surface area contributed by atoms with Crippen LogP contribution in [0.5, 0.6) is 0 Å². The second-order valence-electron chi connectivity index (χ2n) is 5.20. The number of nitrogens with zero attached hydrogens (tertiary/aromatic N) is 2. The number of unbranched alkanes of at least 4 members (excludes halogenated alkanes) is 1. The zero-order valence-electron chi connectivity index (χ0n) is 11.7. The predicted molar refractivity (Wildman–Crippen MR) is 80.2 cm³/mol. The highest BCUT2D eigenvalue weighted by Crippen LogP contribution is 2.37. The lowest BCUT2D eigenvalue weighted by atomic mass is 10.0. The first-order valence-electron chi connectivity index (χ1n) is 7.24. The van der Waals surface area contributed by atoms with E-state index in [-0.39, 0.29) is 0 Å². The molecule has 1 aliphatic rings. The minimum absolute atomic E-state index is 0.554. The van der Waals surface area contributed by atoms with Crippen molar-refractivity contribution in [3.05, 3.63) is 10.2 Å². The Bertz CT molecular complexity index is 400. The van der Waals surface area contributed by atoms with Crippen LogP contribution in [0.3, 0.4) is 0 Å². The third-order valence-corrected chi connectivity index (χ3v) is 4.73. The van der Waals surface area contributed by atoms with E-state index in [9.17, 15) is 0 Å². The number of aryl methyl sites for hydroxylation is 1. The molecule has 1 N–H and O–H groups in total. The van der Waals surface area contributed by atoms with Crippen molar-refractivity contribution in [2.24, 2.45) is 0 Å². The van der Waals surface area contributed by atoms with E-state index in [0.29, 0.717) is 12.1 Å². The van der Waals surface area contributed by atoms with E-state index in [1.807, 2.05) is 0 Å². The van der Waals surface area contributed by atoms with Crippen molar-refractivity contribution in [2.45, 2.75) is 71.4 Å². The van der Waals surface area contributed by atoms with Gasteiger partial charge in [0.1, 0.15) is 5.82 Å². The summed E-state index contributed by atoms with van der Waals surface area (Å²) in [5, 5.41) is 8.45. The maximum absolute atomic E-state index is 4.82. The molecule has 2 atom stereocenters. The van der Waals surface area contributed by atoms with Crippen LogP contribution in [0.1, 0.15) is 64.6 Å². The molecule has 0 spiro atoms.